The normalized spacial score (nSPS) is 21.9. The molecular formula is C20H22ClN3O. The van der Waals surface area contributed by atoms with Crippen LogP contribution in [0.3, 0.4) is 0 Å². The van der Waals surface area contributed by atoms with Gasteiger partial charge in [0.25, 0.3) is 0 Å². The van der Waals surface area contributed by atoms with E-state index >= 15 is 0 Å². The monoisotopic (exact) mass is 355 g/mol. The van der Waals surface area contributed by atoms with Gasteiger partial charge in [-0.15, -0.1) is 12.4 Å². The highest BCUT2D eigenvalue weighted by atomic mass is 35.5. The van der Waals surface area contributed by atoms with Gasteiger partial charge < -0.3 is 9.13 Å². The van der Waals surface area contributed by atoms with Gasteiger partial charge >= 0.3 is 0 Å². The summed E-state index contributed by atoms with van der Waals surface area (Å²) in [4.78, 5) is 17.6. The lowest BCUT2D eigenvalue weighted by Crippen LogP contribution is -2.31. The van der Waals surface area contributed by atoms with Crippen molar-refractivity contribution in [2.24, 2.45) is 5.92 Å². The van der Waals surface area contributed by atoms with Gasteiger partial charge in [-0.2, -0.15) is 0 Å². The molecule has 130 valence electrons. The van der Waals surface area contributed by atoms with Gasteiger partial charge in [-0.05, 0) is 32.3 Å². The summed E-state index contributed by atoms with van der Waals surface area (Å²) in [5.74, 6) is 1.89. The molecule has 4 nitrogen and oxygen atoms in total. The quantitative estimate of drug-likeness (QED) is 0.685. The summed E-state index contributed by atoms with van der Waals surface area (Å²) in [5.41, 5.74) is 3.55. The molecule has 0 saturated heterocycles. The molecule has 0 amide bonds. The Kier molecular flexibility index (Phi) is 3.95. The summed E-state index contributed by atoms with van der Waals surface area (Å²) in [7, 11) is 0. The van der Waals surface area contributed by atoms with Crippen LogP contribution in [0, 0.1) is 12.8 Å². The Labute approximate surface area is 153 Å². The maximum atomic E-state index is 13.3. The lowest BCUT2D eigenvalue weighted by molar-refractivity contribution is 0.0870. The van der Waals surface area contributed by atoms with Crippen molar-refractivity contribution in [1.29, 1.82) is 0 Å². The molecule has 0 fully saturated rings. The molecule has 0 radical (unpaired) electrons. The average molecular weight is 356 g/mol. The van der Waals surface area contributed by atoms with Gasteiger partial charge in [0.2, 0.25) is 0 Å². The standard InChI is InChI=1S/C20H21N3O.ClH/c1-13-21-8-10-22(13)12-15-11-14-5-4-9-23-17-7-3-2-6-16(17)18(19(14)23)20(15)24;/h2-3,6-8,10,14-15H,4-5,9,11-12H2,1H3;1H/t14-,15-;/m1./s1. The van der Waals surface area contributed by atoms with E-state index in [1.54, 1.807) is 0 Å². The SMILES string of the molecule is Cc1nccn1C[C@H]1C[C@H]2CCCn3c2c(c2ccccc23)C1=O.Cl. The van der Waals surface area contributed by atoms with E-state index in [0.29, 0.717) is 11.7 Å². The van der Waals surface area contributed by atoms with Crippen LogP contribution in [0.15, 0.2) is 36.7 Å². The first-order valence-corrected chi connectivity index (χ1v) is 8.87. The summed E-state index contributed by atoms with van der Waals surface area (Å²) >= 11 is 0. The largest absolute Gasteiger partial charge is 0.344 e. The molecule has 0 bridgehead atoms. The van der Waals surface area contributed by atoms with E-state index in [2.05, 4.69) is 38.4 Å². The van der Waals surface area contributed by atoms with Crippen LogP contribution in [-0.2, 0) is 13.1 Å². The highest BCUT2D eigenvalue weighted by Gasteiger charge is 2.39. The number of nitrogens with zero attached hydrogens (tertiary/aromatic N) is 3. The van der Waals surface area contributed by atoms with E-state index in [1.807, 2.05) is 19.3 Å². The second kappa shape index (κ2) is 6.03. The predicted molar refractivity (Wildman–Crippen MR) is 101 cm³/mol. The molecule has 0 N–H and O–H groups in total. The number of carbonyl (C=O) groups excluding carboxylic acids is 1. The highest BCUT2D eigenvalue weighted by Crippen LogP contribution is 2.45. The van der Waals surface area contributed by atoms with Crippen LogP contribution in [0.5, 0.6) is 0 Å². The third-order valence-corrected chi connectivity index (χ3v) is 5.86. The Morgan fingerprint density at radius 2 is 2.12 bits per heavy atom. The molecule has 2 aliphatic rings. The second-order valence-corrected chi connectivity index (χ2v) is 7.19. The van der Waals surface area contributed by atoms with Gasteiger partial charge in [0.1, 0.15) is 5.82 Å². The van der Waals surface area contributed by atoms with E-state index in [-0.39, 0.29) is 18.3 Å². The maximum absolute atomic E-state index is 13.3. The summed E-state index contributed by atoms with van der Waals surface area (Å²) in [5, 5.41) is 1.15. The maximum Gasteiger partial charge on any atom is 0.170 e. The number of aromatic nitrogens is 3. The van der Waals surface area contributed by atoms with E-state index in [9.17, 15) is 4.79 Å². The van der Waals surface area contributed by atoms with Crippen LogP contribution in [0.25, 0.3) is 10.9 Å². The molecule has 1 aromatic carbocycles. The first-order chi connectivity index (χ1) is 11.7. The zero-order valence-electron chi connectivity index (χ0n) is 14.3. The van der Waals surface area contributed by atoms with Crippen LogP contribution < -0.4 is 0 Å². The average Bonchev–Trinajstić information content (AvgIpc) is 3.15. The van der Waals surface area contributed by atoms with Gasteiger partial charge in [-0.3, -0.25) is 4.79 Å². The Morgan fingerprint density at radius 1 is 1.28 bits per heavy atom. The number of hydrogen-bond donors (Lipinski definition) is 0. The van der Waals surface area contributed by atoms with Crippen LogP contribution >= 0.6 is 12.4 Å². The molecule has 3 heterocycles. The Morgan fingerprint density at radius 3 is 2.92 bits per heavy atom. The van der Waals surface area contributed by atoms with Crippen molar-refractivity contribution in [2.75, 3.05) is 0 Å². The molecule has 2 atom stereocenters. The fourth-order valence-corrected chi connectivity index (χ4v) is 4.76. The van der Waals surface area contributed by atoms with E-state index in [4.69, 9.17) is 0 Å². The highest BCUT2D eigenvalue weighted by molar-refractivity contribution is 6.11. The number of fused-ring (bicyclic) bond motifs is 3. The van der Waals surface area contributed by atoms with Crippen molar-refractivity contribution in [3.05, 3.63) is 53.7 Å². The first-order valence-electron chi connectivity index (χ1n) is 8.87. The molecule has 0 saturated carbocycles. The fraction of sp³-hybridized carbons (Fsp3) is 0.400. The molecule has 2 aromatic heterocycles. The number of imidazole rings is 1. The van der Waals surface area contributed by atoms with Crippen LogP contribution in [-0.4, -0.2) is 19.9 Å². The topological polar surface area (TPSA) is 39.8 Å². The molecule has 5 heteroatoms. The molecule has 25 heavy (non-hydrogen) atoms. The minimum atomic E-state index is 0. The molecule has 5 rings (SSSR count). The Balaban J connectivity index is 0.00000157. The van der Waals surface area contributed by atoms with E-state index in [1.165, 1.54) is 24.1 Å². The third-order valence-electron chi connectivity index (χ3n) is 5.86. The van der Waals surface area contributed by atoms with Gasteiger partial charge in [0, 0.05) is 59.5 Å². The van der Waals surface area contributed by atoms with E-state index < -0.39 is 0 Å². The number of Topliss-reactive ketones (excluding diaryl/α,β-unsaturated/α-hetero) is 1. The second-order valence-electron chi connectivity index (χ2n) is 7.19. The lowest BCUT2D eigenvalue weighted by Gasteiger charge is -2.33. The molecule has 1 aliphatic carbocycles. The third kappa shape index (κ3) is 2.35. The Bertz CT molecular complexity index is 955. The fourth-order valence-electron chi connectivity index (χ4n) is 4.76. The Hall–Kier alpha value is -2.07. The zero-order chi connectivity index (χ0) is 16.3. The minimum absolute atomic E-state index is 0. The summed E-state index contributed by atoms with van der Waals surface area (Å²) < 4.78 is 4.53. The number of benzene rings is 1. The number of halogens is 1. The number of aryl methyl sites for hydroxylation is 2. The summed E-state index contributed by atoms with van der Waals surface area (Å²) in [6, 6.07) is 8.42. The summed E-state index contributed by atoms with van der Waals surface area (Å²) in [6.07, 6.45) is 7.19. The van der Waals surface area contributed by atoms with Gasteiger partial charge in [0.15, 0.2) is 5.78 Å². The molecule has 0 unspecified atom stereocenters. The molecule has 1 aliphatic heterocycles. The smallest absolute Gasteiger partial charge is 0.170 e. The number of ketones is 1. The number of hydrogen-bond acceptors (Lipinski definition) is 2. The van der Waals surface area contributed by atoms with Crippen molar-refractivity contribution in [1.82, 2.24) is 14.1 Å². The first kappa shape index (κ1) is 16.4. The van der Waals surface area contributed by atoms with Gasteiger partial charge in [0.05, 0.1) is 0 Å². The van der Waals surface area contributed by atoms with Crippen LogP contribution in [0.1, 0.15) is 47.1 Å². The minimum Gasteiger partial charge on any atom is -0.344 e. The van der Waals surface area contributed by atoms with Crippen molar-refractivity contribution in [2.45, 2.75) is 45.2 Å². The van der Waals surface area contributed by atoms with Crippen molar-refractivity contribution in [3.63, 3.8) is 0 Å². The van der Waals surface area contributed by atoms with Gasteiger partial charge in [-0.25, -0.2) is 4.98 Å². The number of carbonyl (C=O) groups is 1. The molecular weight excluding hydrogens is 334 g/mol. The number of para-hydroxylation sites is 1. The van der Waals surface area contributed by atoms with Crippen molar-refractivity contribution >= 4 is 29.1 Å². The lowest BCUT2D eigenvalue weighted by atomic mass is 9.75. The van der Waals surface area contributed by atoms with Crippen molar-refractivity contribution < 1.29 is 4.79 Å². The zero-order valence-corrected chi connectivity index (χ0v) is 15.1. The predicted octanol–water partition coefficient (Wildman–Crippen LogP) is 4.35. The molecule has 3 aromatic rings. The van der Waals surface area contributed by atoms with Crippen molar-refractivity contribution in [3.8, 4) is 0 Å². The number of rotatable bonds is 2. The van der Waals surface area contributed by atoms with Gasteiger partial charge in [-0.1, -0.05) is 18.2 Å². The van der Waals surface area contributed by atoms with Crippen LogP contribution in [0.2, 0.25) is 0 Å². The van der Waals surface area contributed by atoms with Crippen LogP contribution in [0.4, 0.5) is 0 Å². The summed E-state index contributed by atoms with van der Waals surface area (Å²) in [6.45, 7) is 3.80. The molecule has 0 spiro atoms. The van der Waals surface area contributed by atoms with E-state index in [0.717, 1.165) is 36.3 Å².